The highest BCUT2D eigenvalue weighted by atomic mass is 35.5. The average Bonchev–Trinajstić information content (AvgIpc) is 2.55. The fourth-order valence-electron chi connectivity index (χ4n) is 3.90. The number of Topliss-reactive ketones (excluding diaryl/α,β-unsaturated/α-hetero) is 1. The predicted octanol–water partition coefficient (Wildman–Crippen LogP) is 6.96. The fraction of sp³-hybridized carbons (Fsp3) is 0.409. The summed E-state index contributed by atoms with van der Waals surface area (Å²) in [6.45, 7) is 8.24. The summed E-state index contributed by atoms with van der Waals surface area (Å²) in [5.41, 5.74) is 2.19. The van der Waals surface area contributed by atoms with E-state index in [-0.39, 0.29) is 31.5 Å². The SMILES string of the molecule is Cc1cccc(Cl)c1C(=O)C(c1ccccc1)C(C)(C)CC(C)CP=O. The number of halogens is 1. The Balaban J connectivity index is 2.51. The zero-order valence-electron chi connectivity index (χ0n) is 15.8. The van der Waals surface area contributed by atoms with Crippen molar-refractivity contribution in [3.05, 3.63) is 70.2 Å². The number of ketones is 1. The Kier molecular flexibility index (Phi) is 7.15. The Morgan fingerprint density at radius 3 is 2.35 bits per heavy atom. The van der Waals surface area contributed by atoms with Crippen molar-refractivity contribution in [1.29, 1.82) is 0 Å². The molecule has 26 heavy (non-hydrogen) atoms. The van der Waals surface area contributed by atoms with Gasteiger partial charge in [0.2, 0.25) is 0 Å². The standard InChI is InChI=1S/C22H26ClO2P/c1-15(14-26-25)13-22(3,4)20(17-10-6-5-7-11-17)21(24)19-16(2)9-8-12-18(19)23/h5-12,15,20H,13-14H2,1-4H3. The van der Waals surface area contributed by atoms with Crippen LogP contribution in [-0.2, 0) is 4.57 Å². The zero-order chi connectivity index (χ0) is 19.3. The third-order valence-corrected chi connectivity index (χ3v) is 5.99. The van der Waals surface area contributed by atoms with Crippen LogP contribution in [-0.4, -0.2) is 11.9 Å². The van der Waals surface area contributed by atoms with Gasteiger partial charge in [0.1, 0.15) is 0 Å². The van der Waals surface area contributed by atoms with E-state index in [4.69, 9.17) is 11.6 Å². The van der Waals surface area contributed by atoms with Crippen LogP contribution in [0.25, 0.3) is 0 Å². The Labute approximate surface area is 163 Å². The molecule has 2 aromatic carbocycles. The lowest BCUT2D eigenvalue weighted by atomic mass is 9.67. The summed E-state index contributed by atoms with van der Waals surface area (Å²) in [6.07, 6.45) is 1.40. The maximum atomic E-state index is 13.6. The van der Waals surface area contributed by atoms with E-state index in [0.29, 0.717) is 16.7 Å². The highest BCUT2D eigenvalue weighted by Crippen LogP contribution is 2.44. The first-order valence-electron chi connectivity index (χ1n) is 8.91. The molecular formula is C22H26ClO2P. The summed E-state index contributed by atoms with van der Waals surface area (Å²) >= 11 is 6.40. The van der Waals surface area contributed by atoms with Crippen molar-refractivity contribution in [2.75, 3.05) is 6.16 Å². The van der Waals surface area contributed by atoms with E-state index in [1.807, 2.05) is 49.4 Å². The molecule has 0 radical (unpaired) electrons. The first kappa shape index (κ1) is 20.8. The monoisotopic (exact) mass is 388 g/mol. The first-order chi connectivity index (χ1) is 12.3. The van der Waals surface area contributed by atoms with Crippen LogP contribution in [0.5, 0.6) is 0 Å². The van der Waals surface area contributed by atoms with Crippen molar-refractivity contribution in [3.63, 3.8) is 0 Å². The molecule has 4 heteroatoms. The Bertz CT molecular complexity index is 751. The molecule has 138 valence electrons. The number of carbonyl (C=O) groups excluding carboxylic acids is 1. The molecule has 2 rings (SSSR count). The maximum Gasteiger partial charge on any atom is 0.172 e. The lowest BCUT2D eigenvalue weighted by molar-refractivity contribution is 0.0864. The second-order valence-electron chi connectivity index (χ2n) is 7.75. The third kappa shape index (κ3) is 4.81. The van der Waals surface area contributed by atoms with Gasteiger partial charge in [-0.05, 0) is 41.9 Å². The van der Waals surface area contributed by atoms with Gasteiger partial charge in [-0.25, -0.2) is 0 Å². The van der Waals surface area contributed by atoms with Gasteiger partial charge in [0.05, 0.1) is 10.9 Å². The molecule has 0 saturated heterocycles. The molecule has 2 unspecified atom stereocenters. The zero-order valence-corrected chi connectivity index (χ0v) is 17.5. The predicted molar refractivity (Wildman–Crippen MR) is 110 cm³/mol. The summed E-state index contributed by atoms with van der Waals surface area (Å²) in [4.78, 5) is 13.6. The van der Waals surface area contributed by atoms with Crippen LogP contribution < -0.4 is 0 Å². The van der Waals surface area contributed by atoms with Crippen molar-refractivity contribution in [2.45, 2.75) is 40.0 Å². The van der Waals surface area contributed by atoms with E-state index in [1.54, 1.807) is 6.07 Å². The van der Waals surface area contributed by atoms with Gasteiger partial charge in [0, 0.05) is 11.7 Å². The van der Waals surface area contributed by atoms with Crippen LogP contribution in [0.15, 0.2) is 48.5 Å². The largest absolute Gasteiger partial charge is 0.293 e. The average molecular weight is 389 g/mol. The van der Waals surface area contributed by atoms with Gasteiger partial charge in [-0.3, -0.25) is 9.36 Å². The summed E-state index contributed by atoms with van der Waals surface area (Å²) in [7, 11) is 0.151. The van der Waals surface area contributed by atoms with Crippen molar-refractivity contribution in [1.82, 2.24) is 0 Å². The van der Waals surface area contributed by atoms with Gasteiger partial charge in [-0.15, -0.1) is 0 Å². The molecule has 0 N–H and O–H groups in total. The lowest BCUT2D eigenvalue weighted by Gasteiger charge is -2.36. The minimum atomic E-state index is -0.312. The number of benzene rings is 2. The second-order valence-corrected chi connectivity index (χ2v) is 8.78. The molecule has 0 spiro atoms. The normalized spacial score (nSPS) is 14.2. The van der Waals surface area contributed by atoms with Crippen molar-refractivity contribution in [3.8, 4) is 0 Å². The van der Waals surface area contributed by atoms with Gasteiger partial charge in [0.15, 0.2) is 14.2 Å². The molecule has 0 fully saturated rings. The number of hydrogen-bond donors (Lipinski definition) is 0. The van der Waals surface area contributed by atoms with Crippen LogP contribution in [0.3, 0.4) is 0 Å². The topological polar surface area (TPSA) is 34.1 Å². The molecule has 0 aliphatic heterocycles. The van der Waals surface area contributed by atoms with E-state index in [2.05, 4.69) is 20.8 Å². The third-order valence-electron chi connectivity index (χ3n) is 4.91. The molecule has 0 aliphatic rings. The Morgan fingerprint density at radius 1 is 1.12 bits per heavy atom. The first-order valence-corrected chi connectivity index (χ1v) is 10.3. The number of rotatable bonds is 8. The Morgan fingerprint density at radius 2 is 1.77 bits per heavy atom. The number of hydrogen-bond acceptors (Lipinski definition) is 2. The van der Waals surface area contributed by atoms with Crippen LogP contribution in [0.4, 0.5) is 0 Å². The van der Waals surface area contributed by atoms with E-state index < -0.39 is 0 Å². The van der Waals surface area contributed by atoms with Gasteiger partial charge in [-0.2, -0.15) is 0 Å². The molecule has 2 nitrogen and oxygen atoms in total. The quantitative estimate of drug-likeness (QED) is 0.362. The van der Waals surface area contributed by atoms with E-state index in [1.165, 1.54) is 0 Å². The Hall–Kier alpha value is -1.50. The smallest absolute Gasteiger partial charge is 0.172 e. The van der Waals surface area contributed by atoms with E-state index in [0.717, 1.165) is 17.5 Å². The molecule has 2 aromatic rings. The van der Waals surface area contributed by atoms with Gasteiger partial charge >= 0.3 is 0 Å². The molecular weight excluding hydrogens is 363 g/mol. The van der Waals surface area contributed by atoms with Crippen LogP contribution >= 0.6 is 20.1 Å². The van der Waals surface area contributed by atoms with E-state index >= 15 is 0 Å². The molecule has 0 saturated carbocycles. The molecule has 2 atom stereocenters. The van der Waals surface area contributed by atoms with Crippen LogP contribution in [0, 0.1) is 18.3 Å². The van der Waals surface area contributed by atoms with Gasteiger partial charge < -0.3 is 0 Å². The molecule has 0 bridgehead atoms. The molecule has 0 heterocycles. The second kappa shape index (κ2) is 8.93. The van der Waals surface area contributed by atoms with Crippen molar-refractivity contribution < 1.29 is 9.36 Å². The number of carbonyl (C=O) groups is 1. The lowest BCUT2D eigenvalue weighted by Crippen LogP contribution is -2.31. The fourth-order valence-corrected chi connectivity index (χ4v) is 4.60. The maximum absolute atomic E-state index is 13.6. The summed E-state index contributed by atoms with van der Waals surface area (Å²) in [5.74, 6) is -0.000218. The van der Waals surface area contributed by atoms with Crippen LogP contribution in [0.1, 0.15) is 54.6 Å². The highest BCUT2D eigenvalue weighted by molar-refractivity contribution is 7.23. The molecule has 0 aromatic heterocycles. The highest BCUT2D eigenvalue weighted by Gasteiger charge is 2.38. The van der Waals surface area contributed by atoms with Crippen molar-refractivity contribution in [2.24, 2.45) is 11.3 Å². The van der Waals surface area contributed by atoms with Gasteiger partial charge in [-0.1, -0.05) is 74.8 Å². The van der Waals surface area contributed by atoms with Crippen LogP contribution in [0.2, 0.25) is 5.02 Å². The van der Waals surface area contributed by atoms with E-state index in [9.17, 15) is 9.36 Å². The summed E-state index contributed by atoms with van der Waals surface area (Å²) in [5, 5.41) is 0.498. The summed E-state index contributed by atoms with van der Waals surface area (Å²) in [6, 6.07) is 15.5. The van der Waals surface area contributed by atoms with Gasteiger partial charge in [0.25, 0.3) is 0 Å². The van der Waals surface area contributed by atoms with Crippen molar-refractivity contribution >= 4 is 25.8 Å². The summed E-state index contributed by atoms with van der Waals surface area (Å²) < 4.78 is 11.0. The number of aryl methyl sites for hydroxylation is 1. The minimum Gasteiger partial charge on any atom is -0.293 e. The molecule has 0 amide bonds. The molecule has 0 aliphatic carbocycles. The minimum absolute atomic E-state index is 0.0520.